The lowest BCUT2D eigenvalue weighted by Gasteiger charge is -2.27. The number of hydrogen-bond donors (Lipinski definition) is 1. The number of alkyl halides is 3. The highest BCUT2D eigenvalue weighted by Crippen LogP contribution is 2.37. The van der Waals surface area contributed by atoms with Crippen LogP contribution in [0.5, 0.6) is 0 Å². The highest BCUT2D eigenvalue weighted by atomic mass is 19.4. The molecular weight excluding hydrogens is 273 g/mol. The van der Waals surface area contributed by atoms with Gasteiger partial charge in [0.25, 0.3) is 0 Å². The Hall–Kier alpha value is -2.57. The van der Waals surface area contributed by atoms with Crippen LogP contribution in [0.4, 0.5) is 24.5 Å². The van der Waals surface area contributed by atoms with Crippen LogP contribution < -0.4 is 4.90 Å². The van der Waals surface area contributed by atoms with E-state index < -0.39 is 23.7 Å². The molecule has 0 amide bonds. The first-order chi connectivity index (χ1) is 9.41. The Morgan fingerprint density at radius 1 is 1.10 bits per heavy atom. The maximum Gasteiger partial charge on any atom is 0.489 e. The molecule has 0 spiro atoms. The molecule has 0 bridgehead atoms. The van der Waals surface area contributed by atoms with Gasteiger partial charge in [-0.15, -0.1) is 13.2 Å². The van der Waals surface area contributed by atoms with Gasteiger partial charge in [0.15, 0.2) is 5.69 Å². The topological polar surface area (TPSA) is 53.4 Å². The third-order valence-electron chi connectivity index (χ3n) is 2.50. The summed E-state index contributed by atoms with van der Waals surface area (Å²) in [5, 5.41) is 8.97. The average Bonchev–Trinajstić information content (AvgIpc) is 2.39. The quantitative estimate of drug-likeness (QED) is 0.876. The lowest BCUT2D eigenvalue weighted by Crippen LogP contribution is -2.35. The molecule has 104 valence electrons. The second-order valence-electron chi connectivity index (χ2n) is 3.82. The van der Waals surface area contributed by atoms with Gasteiger partial charge in [0.05, 0.1) is 5.69 Å². The van der Waals surface area contributed by atoms with Crippen LogP contribution in [-0.2, 0) is 0 Å². The van der Waals surface area contributed by atoms with Crippen LogP contribution in [0.25, 0.3) is 0 Å². The van der Waals surface area contributed by atoms with Crippen LogP contribution in [0.15, 0.2) is 48.7 Å². The van der Waals surface area contributed by atoms with E-state index in [4.69, 9.17) is 5.11 Å². The molecule has 1 heterocycles. The van der Waals surface area contributed by atoms with Crippen molar-refractivity contribution in [2.75, 3.05) is 4.90 Å². The highest BCUT2D eigenvalue weighted by Gasteiger charge is 2.40. The number of rotatable bonds is 3. The molecule has 0 aliphatic carbocycles. The number of nitrogens with zero attached hydrogens (tertiary/aromatic N) is 2. The third-order valence-corrected chi connectivity index (χ3v) is 2.50. The number of halogens is 3. The largest absolute Gasteiger partial charge is 0.489 e. The molecule has 7 heteroatoms. The summed E-state index contributed by atoms with van der Waals surface area (Å²) in [4.78, 5) is 14.5. The van der Waals surface area contributed by atoms with Crippen molar-refractivity contribution < 1.29 is 23.1 Å². The molecule has 0 aliphatic rings. The van der Waals surface area contributed by atoms with Crippen molar-refractivity contribution in [1.29, 1.82) is 0 Å². The van der Waals surface area contributed by atoms with Gasteiger partial charge in [0.1, 0.15) is 0 Å². The van der Waals surface area contributed by atoms with Crippen LogP contribution in [0.2, 0.25) is 0 Å². The van der Waals surface area contributed by atoms with Crippen LogP contribution in [0.1, 0.15) is 10.5 Å². The molecule has 4 nitrogen and oxygen atoms in total. The highest BCUT2D eigenvalue weighted by molar-refractivity contribution is 5.93. The summed E-state index contributed by atoms with van der Waals surface area (Å²) in [6, 6.07) is 9.24. The van der Waals surface area contributed by atoms with E-state index >= 15 is 0 Å². The molecule has 2 rings (SSSR count). The fourth-order valence-electron chi connectivity index (χ4n) is 1.74. The van der Waals surface area contributed by atoms with Crippen molar-refractivity contribution in [2.45, 2.75) is 6.30 Å². The number of aromatic carboxylic acids is 1. The second kappa shape index (κ2) is 5.20. The summed E-state index contributed by atoms with van der Waals surface area (Å²) < 4.78 is 39.7. The molecule has 0 radical (unpaired) electrons. The van der Waals surface area contributed by atoms with E-state index in [0.717, 1.165) is 12.3 Å². The monoisotopic (exact) mass is 282 g/mol. The molecule has 1 N–H and O–H groups in total. The molecule has 1 aromatic heterocycles. The van der Waals surface area contributed by atoms with Gasteiger partial charge in [0, 0.05) is 11.9 Å². The number of carboxylic acid groups (broad SMARTS) is 1. The van der Waals surface area contributed by atoms with Crippen molar-refractivity contribution in [3.63, 3.8) is 0 Å². The first-order valence-electron chi connectivity index (χ1n) is 5.51. The van der Waals surface area contributed by atoms with E-state index in [1.165, 1.54) is 30.3 Å². The Kier molecular flexibility index (Phi) is 3.60. The van der Waals surface area contributed by atoms with Crippen LogP contribution >= 0.6 is 0 Å². The first-order valence-corrected chi connectivity index (χ1v) is 5.51. The van der Waals surface area contributed by atoms with Gasteiger partial charge in [-0.1, -0.05) is 18.2 Å². The zero-order valence-corrected chi connectivity index (χ0v) is 10.0. The molecule has 2 aromatic rings. The Morgan fingerprint density at radius 2 is 1.75 bits per heavy atom. The molecule has 0 saturated heterocycles. The smallest absolute Gasteiger partial charge is 0.476 e. The van der Waals surface area contributed by atoms with Gasteiger partial charge in [-0.25, -0.2) is 9.78 Å². The number of carbonyl (C=O) groups is 1. The summed E-state index contributed by atoms with van der Waals surface area (Å²) in [6.45, 7) is 0. The predicted octanol–water partition coefficient (Wildman–Crippen LogP) is 3.44. The number of hydrogen-bond acceptors (Lipinski definition) is 3. The number of pyridine rings is 1. The zero-order chi connectivity index (χ0) is 14.8. The summed E-state index contributed by atoms with van der Waals surface area (Å²) in [5.41, 5.74) is -1.37. The van der Waals surface area contributed by atoms with Gasteiger partial charge in [-0.05, 0) is 24.3 Å². The molecule has 0 saturated carbocycles. The van der Waals surface area contributed by atoms with Crippen LogP contribution in [-0.4, -0.2) is 22.4 Å². The summed E-state index contributed by atoms with van der Waals surface area (Å²) in [7, 11) is 0. The Labute approximate surface area is 112 Å². The molecule has 0 unspecified atom stereocenters. The van der Waals surface area contributed by atoms with E-state index in [-0.39, 0.29) is 10.6 Å². The fourth-order valence-corrected chi connectivity index (χ4v) is 1.74. The van der Waals surface area contributed by atoms with E-state index in [0.29, 0.717) is 0 Å². The summed E-state index contributed by atoms with van der Waals surface area (Å²) in [6.07, 6.45) is -3.64. The lowest BCUT2D eigenvalue weighted by atomic mass is 10.2. The van der Waals surface area contributed by atoms with Crippen molar-refractivity contribution in [3.05, 3.63) is 54.4 Å². The molecule has 0 atom stereocenters. The normalized spacial score (nSPS) is 11.2. The van der Waals surface area contributed by atoms with Gasteiger partial charge in [-0.3, -0.25) is 4.90 Å². The molecule has 1 aromatic carbocycles. The van der Waals surface area contributed by atoms with E-state index in [9.17, 15) is 18.0 Å². The summed E-state index contributed by atoms with van der Waals surface area (Å²) in [5.74, 6) is -1.52. The lowest BCUT2D eigenvalue weighted by molar-refractivity contribution is -0.120. The fraction of sp³-hybridized carbons (Fsp3) is 0.0769. The van der Waals surface area contributed by atoms with Crippen LogP contribution in [0, 0.1) is 0 Å². The minimum Gasteiger partial charge on any atom is -0.476 e. The molecule has 0 aliphatic heterocycles. The predicted molar refractivity (Wildman–Crippen MR) is 65.8 cm³/mol. The second-order valence-corrected chi connectivity index (χ2v) is 3.82. The van der Waals surface area contributed by atoms with Gasteiger partial charge in [-0.2, -0.15) is 0 Å². The first kappa shape index (κ1) is 13.9. The molecular formula is C13H9F3N2O2. The van der Waals surface area contributed by atoms with Gasteiger partial charge >= 0.3 is 12.3 Å². The van der Waals surface area contributed by atoms with Gasteiger partial charge in [0.2, 0.25) is 0 Å². The number of benzene rings is 1. The van der Waals surface area contributed by atoms with Crippen molar-refractivity contribution >= 4 is 17.3 Å². The SMILES string of the molecule is O=C(O)c1ncccc1N(c1ccccc1)C(F)(F)F. The maximum atomic E-state index is 13.2. The van der Waals surface area contributed by atoms with E-state index in [2.05, 4.69) is 4.98 Å². The van der Waals surface area contributed by atoms with E-state index in [1.807, 2.05) is 0 Å². The molecule has 20 heavy (non-hydrogen) atoms. The maximum absolute atomic E-state index is 13.2. The zero-order valence-electron chi connectivity index (χ0n) is 10.0. The number of anilines is 2. The van der Waals surface area contributed by atoms with E-state index in [1.54, 1.807) is 6.07 Å². The van der Waals surface area contributed by atoms with Crippen molar-refractivity contribution in [3.8, 4) is 0 Å². The van der Waals surface area contributed by atoms with Crippen molar-refractivity contribution in [2.24, 2.45) is 0 Å². The van der Waals surface area contributed by atoms with Gasteiger partial charge < -0.3 is 5.11 Å². The number of para-hydroxylation sites is 1. The molecule has 0 fully saturated rings. The Morgan fingerprint density at radius 3 is 2.30 bits per heavy atom. The Balaban J connectivity index is 2.63. The van der Waals surface area contributed by atoms with Crippen LogP contribution in [0.3, 0.4) is 0 Å². The minimum atomic E-state index is -4.77. The third kappa shape index (κ3) is 2.71. The van der Waals surface area contributed by atoms with Crippen molar-refractivity contribution in [1.82, 2.24) is 4.98 Å². The Bertz CT molecular complexity index is 615. The number of carboxylic acids is 1. The average molecular weight is 282 g/mol. The summed E-state index contributed by atoms with van der Waals surface area (Å²) >= 11 is 0. The number of aromatic nitrogens is 1. The minimum absolute atomic E-state index is 0.0105. The standard InChI is InChI=1S/C13H9F3N2O2/c14-13(15,16)18(9-5-2-1-3-6-9)10-7-4-8-17-11(10)12(19)20/h1-8H,(H,19,20).